The molecule has 1 N–H and O–H groups in total. The fourth-order valence-corrected chi connectivity index (χ4v) is 2.68. The summed E-state index contributed by atoms with van der Waals surface area (Å²) in [5.74, 6) is 0.487. The standard InChI is InChI=1S/C15H19N3/c1-11(2)15-13-10-16-9-8-14(13)17-18(15)12-6-4-3-5-7-12/h3-7,11,16H,8-10H2,1-2H3. The summed E-state index contributed by atoms with van der Waals surface area (Å²) < 4.78 is 2.13. The van der Waals surface area contributed by atoms with Gasteiger partial charge in [-0.05, 0) is 18.1 Å². The molecule has 1 aromatic carbocycles. The summed E-state index contributed by atoms with van der Waals surface area (Å²) in [6, 6.07) is 10.4. The molecule has 0 atom stereocenters. The van der Waals surface area contributed by atoms with Crippen LogP contribution in [0.25, 0.3) is 5.69 Å². The molecule has 2 heterocycles. The lowest BCUT2D eigenvalue weighted by Crippen LogP contribution is -2.23. The number of aromatic nitrogens is 2. The molecule has 0 saturated carbocycles. The van der Waals surface area contributed by atoms with E-state index < -0.39 is 0 Å². The minimum Gasteiger partial charge on any atom is -0.312 e. The predicted molar refractivity (Wildman–Crippen MR) is 73.1 cm³/mol. The zero-order valence-electron chi connectivity index (χ0n) is 11.0. The Morgan fingerprint density at radius 1 is 1.22 bits per heavy atom. The van der Waals surface area contributed by atoms with E-state index in [0.717, 1.165) is 25.2 Å². The number of nitrogens with zero attached hydrogens (tertiary/aromatic N) is 2. The van der Waals surface area contributed by atoms with Crippen LogP contribution in [-0.4, -0.2) is 16.3 Å². The van der Waals surface area contributed by atoms with E-state index in [0.29, 0.717) is 5.92 Å². The van der Waals surface area contributed by atoms with E-state index in [2.05, 4.69) is 48.1 Å². The summed E-state index contributed by atoms with van der Waals surface area (Å²) in [5, 5.41) is 8.27. The minimum atomic E-state index is 0.487. The predicted octanol–water partition coefficient (Wildman–Crippen LogP) is 2.64. The van der Waals surface area contributed by atoms with E-state index in [1.165, 1.54) is 17.0 Å². The highest BCUT2D eigenvalue weighted by Gasteiger charge is 2.22. The van der Waals surface area contributed by atoms with Gasteiger partial charge >= 0.3 is 0 Å². The van der Waals surface area contributed by atoms with E-state index in [9.17, 15) is 0 Å². The van der Waals surface area contributed by atoms with Gasteiger partial charge in [-0.1, -0.05) is 32.0 Å². The van der Waals surface area contributed by atoms with E-state index in [-0.39, 0.29) is 0 Å². The monoisotopic (exact) mass is 241 g/mol. The van der Waals surface area contributed by atoms with Crippen molar-refractivity contribution in [3.05, 3.63) is 47.3 Å². The number of benzene rings is 1. The normalized spacial score (nSPS) is 14.8. The molecule has 0 bridgehead atoms. The molecule has 0 fully saturated rings. The van der Waals surface area contributed by atoms with Crippen molar-refractivity contribution >= 4 is 0 Å². The smallest absolute Gasteiger partial charge is 0.0689 e. The number of hydrogen-bond acceptors (Lipinski definition) is 2. The number of fused-ring (bicyclic) bond motifs is 1. The number of nitrogens with one attached hydrogen (secondary N) is 1. The van der Waals surface area contributed by atoms with Crippen molar-refractivity contribution in [2.45, 2.75) is 32.7 Å². The van der Waals surface area contributed by atoms with Crippen molar-refractivity contribution in [2.24, 2.45) is 0 Å². The molecule has 3 nitrogen and oxygen atoms in total. The molecule has 18 heavy (non-hydrogen) atoms. The molecule has 0 saturated heterocycles. The van der Waals surface area contributed by atoms with Gasteiger partial charge in [0.1, 0.15) is 0 Å². The lowest BCUT2D eigenvalue weighted by molar-refractivity contribution is 0.630. The zero-order valence-corrected chi connectivity index (χ0v) is 11.0. The third kappa shape index (κ3) is 1.85. The van der Waals surface area contributed by atoms with Gasteiger partial charge in [-0.3, -0.25) is 0 Å². The van der Waals surface area contributed by atoms with Crippen LogP contribution in [0.1, 0.15) is 36.7 Å². The first-order valence-electron chi connectivity index (χ1n) is 6.64. The van der Waals surface area contributed by atoms with Gasteiger partial charge < -0.3 is 5.32 Å². The lowest BCUT2D eigenvalue weighted by Gasteiger charge is -2.15. The number of para-hydroxylation sites is 1. The Bertz CT molecular complexity index is 540. The second-order valence-electron chi connectivity index (χ2n) is 5.14. The second kappa shape index (κ2) is 4.58. The maximum Gasteiger partial charge on any atom is 0.0689 e. The van der Waals surface area contributed by atoms with Gasteiger partial charge in [-0.15, -0.1) is 0 Å². The Hall–Kier alpha value is -1.61. The molecule has 94 valence electrons. The van der Waals surface area contributed by atoms with Crippen LogP contribution in [0.2, 0.25) is 0 Å². The molecule has 3 heteroatoms. The summed E-state index contributed by atoms with van der Waals surface area (Å²) in [6.45, 7) is 6.47. The minimum absolute atomic E-state index is 0.487. The van der Waals surface area contributed by atoms with E-state index >= 15 is 0 Å². The SMILES string of the molecule is CC(C)c1c2c(nn1-c1ccccc1)CCNC2. The van der Waals surface area contributed by atoms with Gasteiger partial charge in [0.05, 0.1) is 17.1 Å². The summed E-state index contributed by atoms with van der Waals surface area (Å²) in [4.78, 5) is 0. The van der Waals surface area contributed by atoms with Crippen LogP contribution in [0.15, 0.2) is 30.3 Å². The molecule has 3 rings (SSSR count). The molecule has 0 unspecified atom stereocenters. The third-order valence-corrected chi connectivity index (χ3v) is 3.49. The van der Waals surface area contributed by atoms with Gasteiger partial charge in [0.2, 0.25) is 0 Å². The largest absolute Gasteiger partial charge is 0.312 e. The summed E-state index contributed by atoms with van der Waals surface area (Å²) in [5.41, 5.74) is 5.18. The fraction of sp³-hybridized carbons (Fsp3) is 0.400. The maximum atomic E-state index is 4.82. The second-order valence-corrected chi connectivity index (χ2v) is 5.14. The molecule has 0 aliphatic carbocycles. The van der Waals surface area contributed by atoms with Crippen molar-refractivity contribution < 1.29 is 0 Å². The van der Waals surface area contributed by atoms with Crippen molar-refractivity contribution in [2.75, 3.05) is 6.54 Å². The Balaban J connectivity index is 2.17. The number of hydrogen-bond donors (Lipinski definition) is 1. The molecule has 2 aromatic rings. The van der Waals surface area contributed by atoms with Crippen LogP contribution < -0.4 is 5.32 Å². The van der Waals surface area contributed by atoms with Crippen LogP contribution >= 0.6 is 0 Å². The quantitative estimate of drug-likeness (QED) is 0.876. The first-order chi connectivity index (χ1) is 8.77. The Morgan fingerprint density at radius 3 is 2.72 bits per heavy atom. The highest BCUT2D eigenvalue weighted by Crippen LogP contribution is 2.27. The topological polar surface area (TPSA) is 29.9 Å². The molecule has 1 aliphatic rings. The van der Waals surface area contributed by atoms with Gasteiger partial charge in [0.15, 0.2) is 0 Å². The van der Waals surface area contributed by atoms with E-state index in [1.807, 2.05) is 6.07 Å². The maximum absolute atomic E-state index is 4.82. The molecule has 1 aromatic heterocycles. The summed E-state index contributed by atoms with van der Waals surface area (Å²) in [7, 11) is 0. The summed E-state index contributed by atoms with van der Waals surface area (Å²) >= 11 is 0. The van der Waals surface area contributed by atoms with Crippen LogP contribution in [0, 0.1) is 0 Å². The lowest BCUT2D eigenvalue weighted by atomic mass is 10.00. The summed E-state index contributed by atoms with van der Waals surface area (Å²) in [6.07, 6.45) is 1.04. The van der Waals surface area contributed by atoms with Gasteiger partial charge in [0.25, 0.3) is 0 Å². The van der Waals surface area contributed by atoms with Crippen LogP contribution in [0.5, 0.6) is 0 Å². The number of rotatable bonds is 2. The fourth-order valence-electron chi connectivity index (χ4n) is 2.68. The molecule has 0 spiro atoms. The van der Waals surface area contributed by atoms with Crippen LogP contribution in [0.4, 0.5) is 0 Å². The molecule has 1 aliphatic heterocycles. The molecule has 0 amide bonds. The molecule has 0 radical (unpaired) electrons. The van der Waals surface area contributed by atoms with Gasteiger partial charge in [-0.2, -0.15) is 5.10 Å². The van der Waals surface area contributed by atoms with E-state index in [1.54, 1.807) is 0 Å². The average Bonchev–Trinajstić information content (AvgIpc) is 2.79. The van der Waals surface area contributed by atoms with Crippen molar-refractivity contribution in [1.82, 2.24) is 15.1 Å². The zero-order chi connectivity index (χ0) is 12.5. The third-order valence-electron chi connectivity index (χ3n) is 3.49. The van der Waals surface area contributed by atoms with Crippen LogP contribution in [-0.2, 0) is 13.0 Å². The first-order valence-corrected chi connectivity index (χ1v) is 6.64. The van der Waals surface area contributed by atoms with Gasteiger partial charge in [0, 0.05) is 25.1 Å². The molecular weight excluding hydrogens is 222 g/mol. The Labute approximate surface area is 108 Å². The van der Waals surface area contributed by atoms with Crippen molar-refractivity contribution in [1.29, 1.82) is 0 Å². The van der Waals surface area contributed by atoms with Crippen molar-refractivity contribution in [3.8, 4) is 5.69 Å². The Kier molecular flexibility index (Phi) is 2.92. The highest BCUT2D eigenvalue weighted by atomic mass is 15.3. The van der Waals surface area contributed by atoms with Crippen LogP contribution in [0.3, 0.4) is 0 Å². The highest BCUT2D eigenvalue weighted by molar-refractivity contribution is 5.39. The average molecular weight is 241 g/mol. The Morgan fingerprint density at radius 2 is 2.00 bits per heavy atom. The molecular formula is C15H19N3. The first kappa shape index (κ1) is 11.5. The van der Waals surface area contributed by atoms with E-state index in [4.69, 9.17) is 5.10 Å². The van der Waals surface area contributed by atoms with Crippen molar-refractivity contribution in [3.63, 3.8) is 0 Å². The van der Waals surface area contributed by atoms with Gasteiger partial charge in [-0.25, -0.2) is 4.68 Å².